The lowest BCUT2D eigenvalue weighted by molar-refractivity contribution is -0.0368. The molecule has 5 aromatic carbocycles. The number of hydrogen-bond donors (Lipinski definition) is 3. The van der Waals surface area contributed by atoms with Crippen molar-refractivity contribution in [1.29, 1.82) is 0 Å². The van der Waals surface area contributed by atoms with Crippen molar-refractivity contribution in [3.63, 3.8) is 0 Å². The van der Waals surface area contributed by atoms with E-state index < -0.39 is 34.3 Å². The predicted molar refractivity (Wildman–Crippen MR) is 560 cm³/mol. The fourth-order valence-corrected chi connectivity index (χ4v) is 24.6. The van der Waals surface area contributed by atoms with Crippen molar-refractivity contribution in [2.45, 2.75) is 257 Å². The van der Waals surface area contributed by atoms with Gasteiger partial charge in [-0.05, 0) is 215 Å². The molecule has 3 spiro atoms. The molecule has 0 saturated carbocycles. The lowest BCUT2D eigenvalue weighted by Gasteiger charge is -2.43. The van der Waals surface area contributed by atoms with Crippen LogP contribution >= 0.6 is 12.4 Å². The number of rotatable bonds is 7. The molecule has 4 unspecified atom stereocenters. The highest BCUT2D eigenvalue weighted by molar-refractivity contribution is 7.84. The zero-order valence-corrected chi connectivity index (χ0v) is 86.1. The molecule has 23 rings (SSSR count). The van der Waals surface area contributed by atoms with Crippen molar-refractivity contribution in [2.24, 2.45) is 37.7 Å². The zero-order valence-electron chi connectivity index (χ0n) is 84.5. The number of aromatic nitrogens is 9. The van der Waals surface area contributed by atoms with Crippen LogP contribution in [0, 0.1) is 85.1 Å². The van der Waals surface area contributed by atoms with Crippen molar-refractivity contribution in [1.82, 2.24) is 49.4 Å². The first-order valence-electron chi connectivity index (χ1n) is 50.8. The Kier molecular flexibility index (Phi) is 30.1. The number of anilines is 7. The van der Waals surface area contributed by atoms with E-state index in [1.807, 2.05) is 111 Å². The first kappa shape index (κ1) is 104. The Morgan fingerprint density at radius 1 is 0.473 bits per heavy atom. The molecular formula is C109H125ClF5N25O5S. The van der Waals surface area contributed by atoms with E-state index in [9.17, 15) is 13.0 Å². The summed E-state index contributed by atoms with van der Waals surface area (Å²) in [5.74, 6) is 2.93. The summed E-state index contributed by atoms with van der Waals surface area (Å²) in [5, 5.41) is 5.53. The van der Waals surface area contributed by atoms with Gasteiger partial charge in [0.05, 0.1) is 141 Å². The highest BCUT2D eigenvalue weighted by Crippen LogP contribution is 2.52. The highest BCUT2D eigenvalue weighted by atomic mass is 35.5. The quantitative estimate of drug-likeness (QED) is 0.0986. The Labute approximate surface area is 858 Å². The third kappa shape index (κ3) is 19.4. The van der Waals surface area contributed by atoms with E-state index >= 15 is 13.2 Å². The lowest BCUT2D eigenvalue weighted by atomic mass is 9.73. The molecule has 30 nitrogen and oxygen atoms in total. The minimum Gasteiger partial charge on any atom is -0.376 e. The summed E-state index contributed by atoms with van der Waals surface area (Å²) in [5.41, 5.74) is 25.2. The molecule has 12 aliphatic heterocycles. The lowest BCUT2D eigenvalue weighted by Crippen LogP contribution is -2.55. The summed E-state index contributed by atoms with van der Waals surface area (Å²) in [7, 11) is -1.19. The molecule has 17 heterocycles. The number of halogens is 6. The number of hydrogen-bond acceptors (Lipinski definition) is 23. The number of nitrogens with zero attached hydrogens (tertiary/aromatic N) is 22. The van der Waals surface area contributed by atoms with Gasteiger partial charge in [0.25, 0.3) is 0 Å². The number of benzene rings is 5. The number of nitrogens with two attached hydrogens (primary N) is 2. The van der Waals surface area contributed by atoms with Crippen molar-refractivity contribution in [2.75, 3.05) is 115 Å². The highest BCUT2D eigenvalue weighted by Gasteiger charge is 2.53. The summed E-state index contributed by atoms with van der Waals surface area (Å²) in [6.07, 6.45) is 21.1. The molecular weight excluding hydrogens is 1900 g/mol. The Balaban J connectivity index is 0.000000127. The average Bonchev–Trinajstić information content (AvgIpc) is 1.56. The second-order valence-corrected chi connectivity index (χ2v) is 44.2. The van der Waals surface area contributed by atoms with Crippen LogP contribution in [0.3, 0.4) is 0 Å². The maximum absolute atomic E-state index is 15.5. The summed E-state index contributed by atoms with van der Waals surface area (Å²) >= 11 is 0. The molecule has 37 heteroatoms. The minimum absolute atomic E-state index is 0. The van der Waals surface area contributed by atoms with Crippen LogP contribution in [0.5, 0.6) is 0 Å². The van der Waals surface area contributed by atoms with Gasteiger partial charge in [-0.15, -0.1) is 17.5 Å². The number of fused-ring (bicyclic) bond motifs is 8. The maximum atomic E-state index is 15.5. The average molecular weight is 2030 g/mol. The molecule has 10 aromatic rings. The van der Waals surface area contributed by atoms with Crippen molar-refractivity contribution in [3.8, 4) is 0 Å². The summed E-state index contributed by atoms with van der Waals surface area (Å²) in [6, 6.07) is 18.7. The molecule has 146 heavy (non-hydrogen) atoms. The van der Waals surface area contributed by atoms with E-state index in [0.29, 0.717) is 77.4 Å². The number of ether oxygens (including phenoxy) is 4. The van der Waals surface area contributed by atoms with E-state index in [-0.39, 0.29) is 134 Å². The van der Waals surface area contributed by atoms with E-state index in [2.05, 4.69) is 69.4 Å². The van der Waals surface area contributed by atoms with Crippen LogP contribution in [-0.2, 0) is 49.4 Å². The first-order chi connectivity index (χ1) is 69.8. The SMILES string of the molecule is Cl.[C-]#[N+]c1ccc2c(c1F)C(C)CCC2.[C-]#[N+]c1ccc2c(c1F)C(C)CCN2C1=NCc2nc(N3CCC4(CC3)CO[C@@H](C)[C@H]4N)cnc21.[C-]#[N+]c1ccc2c(c1F)C(C)CCN2c1nn(C2CCCCO2)c2nc(N3CCC4(CC3)CO[C@@H](C)[C@H]4N[S@@](=O)C(C)(C)C)cnc12.[C-]#[N+]c1ccc2c(c1F)[C@H](C)CCN2C1=NCc2nc(N3CCC4(CC3)CO[C@@H](C)[C@H]4N)cnc21.[C-]#[N+]c1ccc2nccc(C)c2c1F. The van der Waals surface area contributed by atoms with Gasteiger partial charge in [0.15, 0.2) is 34.9 Å². The van der Waals surface area contributed by atoms with Gasteiger partial charge in [0.2, 0.25) is 28.4 Å². The van der Waals surface area contributed by atoms with Crippen LogP contribution in [-0.4, -0.2) is 187 Å². The fraction of sp³-hybridized carbons (Fsp3) is 0.514. The molecule has 5 aromatic heterocycles. The molecule has 764 valence electrons. The van der Waals surface area contributed by atoms with Gasteiger partial charge < -0.3 is 59.8 Å². The number of aryl methyl sites for hydroxylation is 2. The normalized spacial score (nSPS) is 24.4. The van der Waals surface area contributed by atoms with E-state index in [1.54, 1.807) is 49.5 Å². The van der Waals surface area contributed by atoms with Gasteiger partial charge in [-0.3, -0.25) is 15.0 Å². The number of piperidine rings is 3. The summed E-state index contributed by atoms with van der Waals surface area (Å²) < 4.78 is 115. The number of nitrogens with one attached hydrogen (secondary N) is 1. The van der Waals surface area contributed by atoms with Gasteiger partial charge in [0.1, 0.15) is 57.9 Å². The second-order valence-electron chi connectivity index (χ2n) is 42.2. The Morgan fingerprint density at radius 2 is 0.897 bits per heavy atom. The third-order valence-electron chi connectivity index (χ3n) is 32.5. The van der Waals surface area contributed by atoms with Crippen LogP contribution in [0.15, 0.2) is 102 Å². The third-order valence-corrected chi connectivity index (χ3v) is 34.1. The Bertz CT molecular complexity index is 6790. The minimum atomic E-state index is -1.19. The predicted octanol–water partition coefficient (Wildman–Crippen LogP) is 21.3. The fourth-order valence-electron chi connectivity index (χ4n) is 23.5. The largest absolute Gasteiger partial charge is 0.376 e. The van der Waals surface area contributed by atoms with E-state index in [0.717, 1.165) is 248 Å². The number of pyridine rings is 1. The summed E-state index contributed by atoms with van der Waals surface area (Å²) in [6.45, 7) is 68.5. The molecule has 0 radical (unpaired) electrons. The second kappa shape index (κ2) is 42.5. The van der Waals surface area contributed by atoms with Gasteiger partial charge >= 0.3 is 0 Å². The molecule has 0 bridgehead atoms. The maximum Gasteiger partial charge on any atom is 0.222 e. The van der Waals surface area contributed by atoms with Gasteiger partial charge in [-0.2, -0.15) is 0 Å². The first-order valence-corrected chi connectivity index (χ1v) is 52.0. The van der Waals surface area contributed by atoms with Crippen molar-refractivity contribution in [3.05, 3.63) is 234 Å². The number of amidine groups is 2. The van der Waals surface area contributed by atoms with Crippen LogP contribution in [0.25, 0.3) is 46.3 Å². The Hall–Kier alpha value is -12.4. The topological polar surface area (TPSA) is 292 Å². The van der Waals surface area contributed by atoms with Gasteiger partial charge in [0, 0.05) is 139 Å². The molecule has 7 fully saturated rings. The molecule has 13 aliphatic rings. The van der Waals surface area contributed by atoms with Crippen LogP contribution in [0.1, 0.15) is 245 Å². The van der Waals surface area contributed by atoms with Crippen molar-refractivity contribution >= 4 is 126 Å². The standard InChI is InChI=1S/C34H45FN8O3S.2C26H30FN7O.C12H12FN.C11H7FN2.ClH/c1-21-12-15-42(24-11-10-23(36-6)28(35)27(21)24)32-29-31(43(39-32)26-9-7-8-18-45-26)38-25(19-37-29)41-16-13-34(14-17-41)20-46-22(2)30(34)40-47(44)33(3,4)5;2*1-15-6-9-34(19-5-4-17(29-3)22(27)21(15)19)25-23-18(12-31-25)32-20(13-30-23)33-10-7-26(8-11-33)14-35-16(2)24(26)28;1-8-4-3-5-9-6-7-10(14-2)12(13)11(8)9;1-7-5-6-14-8-3-4-9(13-2)11(12)10(7)8;/h10-11,19,21-22,26,30,40H,7-9,12-18,20H2,1-5H3;2*4-5,13,15-16,24H,6-12,14,28H2,1-2H3;6-8H,3-5H2,1H3;3-6H,1H3;1H/t21?,22-,26?,30+,47-;15?,16-,24+;15-,16+,24-;;;/m001.../s1. The zero-order chi connectivity index (χ0) is 102. The van der Waals surface area contributed by atoms with Crippen molar-refractivity contribution < 1.29 is 45.1 Å². The molecule has 12 atom stereocenters. The van der Waals surface area contributed by atoms with Crippen LogP contribution in [0.2, 0.25) is 0 Å². The van der Waals surface area contributed by atoms with E-state index in [1.165, 1.54) is 6.07 Å². The molecule has 7 saturated heterocycles. The summed E-state index contributed by atoms with van der Waals surface area (Å²) in [4.78, 5) is 72.5. The molecule has 5 N–H and O–H groups in total. The number of aliphatic imine (C=N–C) groups is 2. The van der Waals surface area contributed by atoms with Crippen LogP contribution in [0.4, 0.5) is 90.7 Å². The monoisotopic (exact) mass is 2030 g/mol. The smallest absolute Gasteiger partial charge is 0.222 e. The molecule has 0 amide bonds. The van der Waals surface area contributed by atoms with Gasteiger partial charge in [-0.25, -0.2) is 89.7 Å². The van der Waals surface area contributed by atoms with Crippen LogP contribution < -0.4 is 45.6 Å². The van der Waals surface area contributed by atoms with Gasteiger partial charge in [-0.1, -0.05) is 64.1 Å². The Morgan fingerprint density at radius 3 is 1.36 bits per heavy atom. The van der Waals surface area contributed by atoms with E-state index in [4.69, 9.17) is 108 Å². The molecule has 1 aliphatic carbocycles.